The van der Waals surface area contributed by atoms with Crippen molar-refractivity contribution in [2.24, 2.45) is 0 Å². The second kappa shape index (κ2) is 6.67. The summed E-state index contributed by atoms with van der Waals surface area (Å²) in [6.45, 7) is 6.95. The van der Waals surface area contributed by atoms with Crippen molar-refractivity contribution in [1.82, 2.24) is 0 Å². The molecule has 0 saturated carbocycles. The minimum atomic E-state index is 0.0369. The van der Waals surface area contributed by atoms with Crippen LogP contribution in [0.4, 0.5) is 5.69 Å². The van der Waals surface area contributed by atoms with Crippen molar-refractivity contribution in [2.75, 3.05) is 11.9 Å². The summed E-state index contributed by atoms with van der Waals surface area (Å²) >= 11 is 6.09. The molecule has 0 radical (unpaired) electrons. The Morgan fingerprint density at radius 1 is 1.15 bits per heavy atom. The normalized spacial score (nSPS) is 12.0. The summed E-state index contributed by atoms with van der Waals surface area (Å²) in [7, 11) is 0. The largest absolute Gasteiger partial charge is 0.487 e. The van der Waals surface area contributed by atoms with E-state index < -0.39 is 0 Å². The van der Waals surface area contributed by atoms with Crippen LogP contribution in [-0.4, -0.2) is 12.6 Å². The summed E-state index contributed by atoms with van der Waals surface area (Å²) in [5.74, 6) is 0.726. The van der Waals surface area contributed by atoms with Gasteiger partial charge in [0.25, 0.3) is 0 Å². The molecule has 2 nitrogen and oxygen atoms in total. The number of nitrogens with one attached hydrogen (secondary N) is 1. The van der Waals surface area contributed by atoms with Gasteiger partial charge in [0.2, 0.25) is 0 Å². The Kier molecular flexibility index (Phi) is 4.91. The van der Waals surface area contributed by atoms with Crippen molar-refractivity contribution in [3.05, 3.63) is 58.6 Å². The lowest BCUT2D eigenvalue weighted by Crippen LogP contribution is -2.23. The second-order valence-electron chi connectivity index (χ2n) is 5.06. The molecule has 0 aliphatic carbocycles. The van der Waals surface area contributed by atoms with E-state index in [9.17, 15) is 0 Å². The topological polar surface area (TPSA) is 21.3 Å². The van der Waals surface area contributed by atoms with Crippen LogP contribution in [-0.2, 0) is 0 Å². The molecule has 106 valence electrons. The fourth-order valence-corrected chi connectivity index (χ4v) is 2.16. The van der Waals surface area contributed by atoms with Crippen LogP contribution in [0.5, 0.6) is 5.75 Å². The van der Waals surface area contributed by atoms with Gasteiger partial charge in [-0.25, -0.2) is 0 Å². The van der Waals surface area contributed by atoms with Crippen molar-refractivity contribution in [2.45, 2.75) is 26.9 Å². The molecule has 2 aromatic carbocycles. The van der Waals surface area contributed by atoms with E-state index in [4.69, 9.17) is 16.3 Å². The predicted molar refractivity (Wildman–Crippen MR) is 85.9 cm³/mol. The van der Waals surface area contributed by atoms with E-state index >= 15 is 0 Å². The Balaban J connectivity index is 1.94. The highest BCUT2D eigenvalue weighted by atomic mass is 35.5. The Bertz CT molecular complexity index is 583. The van der Waals surface area contributed by atoms with E-state index in [1.165, 1.54) is 11.1 Å². The molecule has 0 spiro atoms. The predicted octanol–water partition coefficient (Wildman–Crippen LogP) is 4.84. The van der Waals surface area contributed by atoms with Gasteiger partial charge in [-0.1, -0.05) is 35.9 Å². The van der Waals surface area contributed by atoms with E-state index in [1.807, 2.05) is 31.2 Å². The van der Waals surface area contributed by atoms with Crippen molar-refractivity contribution in [3.63, 3.8) is 0 Å². The number of anilines is 1. The van der Waals surface area contributed by atoms with E-state index in [2.05, 4.69) is 37.4 Å². The number of rotatable bonds is 5. The summed E-state index contributed by atoms with van der Waals surface area (Å²) in [6, 6.07) is 13.9. The molecular formula is C17H20ClNO. The number of ether oxygens (including phenoxy) is 1. The van der Waals surface area contributed by atoms with Gasteiger partial charge in [0.15, 0.2) is 0 Å². The maximum Gasteiger partial charge on any atom is 0.138 e. The zero-order valence-corrected chi connectivity index (χ0v) is 12.9. The lowest BCUT2D eigenvalue weighted by atomic mass is 10.1. The van der Waals surface area contributed by atoms with Gasteiger partial charge in [0, 0.05) is 5.69 Å². The summed E-state index contributed by atoms with van der Waals surface area (Å²) in [4.78, 5) is 0. The quantitative estimate of drug-likeness (QED) is 0.851. The molecule has 1 unspecified atom stereocenters. The average Bonchev–Trinajstić information content (AvgIpc) is 2.42. The van der Waals surface area contributed by atoms with E-state index in [0.717, 1.165) is 18.0 Å². The molecule has 1 N–H and O–H groups in total. The van der Waals surface area contributed by atoms with Crippen molar-refractivity contribution in [1.29, 1.82) is 0 Å². The average molecular weight is 290 g/mol. The van der Waals surface area contributed by atoms with Crippen LogP contribution in [0, 0.1) is 13.8 Å². The molecule has 0 saturated heterocycles. The van der Waals surface area contributed by atoms with Gasteiger partial charge >= 0.3 is 0 Å². The zero-order chi connectivity index (χ0) is 14.5. The van der Waals surface area contributed by atoms with Gasteiger partial charge in [0.05, 0.1) is 11.6 Å². The van der Waals surface area contributed by atoms with Gasteiger partial charge in [0.1, 0.15) is 11.9 Å². The third-order valence-corrected chi connectivity index (χ3v) is 3.45. The second-order valence-corrected chi connectivity index (χ2v) is 5.47. The van der Waals surface area contributed by atoms with Crippen LogP contribution in [0.15, 0.2) is 42.5 Å². The molecule has 0 amide bonds. The number of para-hydroxylation sites is 1. The molecule has 0 aliphatic rings. The first-order valence-electron chi connectivity index (χ1n) is 6.78. The SMILES string of the molecule is Cc1ccc(C)c(NCC(C)Oc2ccccc2Cl)c1. The molecule has 0 aliphatic heterocycles. The standard InChI is InChI=1S/C17H20ClNO/c1-12-8-9-13(2)16(10-12)19-11-14(3)20-17-7-5-4-6-15(17)18/h4-10,14,19H,11H2,1-3H3. The van der Waals surface area contributed by atoms with Crippen molar-refractivity contribution >= 4 is 17.3 Å². The molecule has 2 aromatic rings. The molecule has 3 heteroatoms. The van der Waals surface area contributed by atoms with Crippen LogP contribution < -0.4 is 10.1 Å². The maximum absolute atomic E-state index is 6.09. The third-order valence-electron chi connectivity index (χ3n) is 3.14. The first kappa shape index (κ1) is 14.7. The Labute approximate surface area is 125 Å². The minimum absolute atomic E-state index is 0.0369. The third kappa shape index (κ3) is 3.91. The molecule has 2 rings (SSSR count). The smallest absolute Gasteiger partial charge is 0.138 e. The summed E-state index contributed by atoms with van der Waals surface area (Å²) < 4.78 is 5.84. The number of aryl methyl sites for hydroxylation is 2. The van der Waals surface area contributed by atoms with Gasteiger partial charge in [-0.3, -0.25) is 0 Å². The highest BCUT2D eigenvalue weighted by molar-refractivity contribution is 6.32. The minimum Gasteiger partial charge on any atom is -0.487 e. The summed E-state index contributed by atoms with van der Waals surface area (Å²) in [5.41, 5.74) is 3.64. The number of halogens is 1. The fraction of sp³-hybridized carbons (Fsp3) is 0.294. The monoisotopic (exact) mass is 289 g/mol. The number of benzene rings is 2. The molecule has 0 fully saturated rings. The molecule has 0 aromatic heterocycles. The maximum atomic E-state index is 6.09. The van der Waals surface area contributed by atoms with Crippen LogP contribution in [0.3, 0.4) is 0 Å². The van der Waals surface area contributed by atoms with Crippen molar-refractivity contribution in [3.8, 4) is 5.75 Å². The molecule has 1 atom stereocenters. The summed E-state index contributed by atoms with van der Waals surface area (Å²) in [5, 5.41) is 4.07. The number of hydrogen-bond donors (Lipinski definition) is 1. The number of hydrogen-bond acceptors (Lipinski definition) is 2. The van der Waals surface area contributed by atoms with Crippen LogP contribution in [0.25, 0.3) is 0 Å². The van der Waals surface area contributed by atoms with Crippen LogP contribution >= 0.6 is 11.6 Å². The Hall–Kier alpha value is -1.67. The van der Waals surface area contributed by atoms with Gasteiger partial charge in [-0.05, 0) is 50.1 Å². The first-order chi connectivity index (χ1) is 9.56. The molecule has 0 heterocycles. The zero-order valence-electron chi connectivity index (χ0n) is 12.1. The van der Waals surface area contributed by atoms with Crippen LogP contribution in [0.2, 0.25) is 5.02 Å². The Morgan fingerprint density at radius 2 is 1.90 bits per heavy atom. The first-order valence-corrected chi connectivity index (χ1v) is 7.16. The van der Waals surface area contributed by atoms with Gasteiger partial charge < -0.3 is 10.1 Å². The lowest BCUT2D eigenvalue weighted by Gasteiger charge is -2.18. The van der Waals surface area contributed by atoms with Gasteiger partial charge in [-0.15, -0.1) is 0 Å². The van der Waals surface area contributed by atoms with E-state index in [1.54, 1.807) is 0 Å². The lowest BCUT2D eigenvalue weighted by molar-refractivity contribution is 0.235. The van der Waals surface area contributed by atoms with Crippen molar-refractivity contribution < 1.29 is 4.74 Å². The molecule has 0 bridgehead atoms. The Morgan fingerprint density at radius 3 is 2.65 bits per heavy atom. The molecule has 20 heavy (non-hydrogen) atoms. The van der Waals surface area contributed by atoms with Gasteiger partial charge in [-0.2, -0.15) is 0 Å². The molecular weight excluding hydrogens is 270 g/mol. The highest BCUT2D eigenvalue weighted by Gasteiger charge is 2.07. The summed E-state index contributed by atoms with van der Waals surface area (Å²) in [6.07, 6.45) is 0.0369. The van der Waals surface area contributed by atoms with E-state index in [-0.39, 0.29) is 6.10 Å². The highest BCUT2D eigenvalue weighted by Crippen LogP contribution is 2.24. The van der Waals surface area contributed by atoms with Crippen LogP contribution in [0.1, 0.15) is 18.1 Å². The van der Waals surface area contributed by atoms with E-state index in [0.29, 0.717) is 5.02 Å². The fourth-order valence-electron chi connectivity index (χ4n) is 1.98.